The maximum atomic E-state index is 12.2. The molecule has 0 aromatic heterocycles. The fourth-order valence-electron chi connectivity index (χ4n) is 3.38. The number of amides is 2. The van der Waals surface area contributed by atoms with E-state index >= 15 is 0 Å². The molecule has 2 amide bonds. The van der Waals surface area contributed by atoms with Crippen molar-refractivity contribution in [2.75, 3.05) is 5.32 Å². The number of hydrogen-bond acceptors (Lipinski definition) is 3. The highest BCUT2D eigenvalue weighted by atomic mass is 35.5. The molecule has 2 aliphatic rings. The standard InChI is InChI=1S/C17H22ClN3O2/c1-10-6-7-12(11(18)8-10)20-16(22)9-15-17(23)21-14-5-3-2-4-13(14)19-15/h6-8,13-15,19H,2-5,9H2,1H3,(H,20,22)(H,21,23)/t13-,14-,15+/m1/s1. The number of benzene rings is 1. The summed E-state index contributed by atoms with van der Waals surface area (Å²) < 4.78 is 0. The number of fused-ring (bicyclic) bond motifs is 1. The van der Waals surface area contributed by atoms with Crippen LogP contribution in [0, 0.1) is 6.92 Å². The Morgan fingerprint density at radius 3 is 2.78 bits per heavy atom. The molecule has 1 aliphatic heterocycles. The number of halogens is 1. The van der Waals surface area contributed by atoms with Crippen LogP contribution in [0.2, 0.25) is 5.02 Å². The Balaban J connectivity index is 1.59. The lowest BCUT2D eigenvalue weighted by molar-refractivity contribution is -0.129. The minimum absolute atomic E-state index is 0.0849. The van der Waals surface area contributed by atoms with Crippen molar-refractivity contribution in [2.45, 2.75) is 57.2 Å². The monoisotopic (exact) mass is 335 g/mol. The van der Waals surface area contributed by atoms with Crippen LogP contribution in [-0.2, 0) is 9.59 Å². The Hall–Kier alpha value is -1.59. The number of carbonyl (C=O) groups excluding carboxylic acids is 2. The van der Waals surface area contributed by atoms with E-state index in [0.29, 0.717) is 10.7 Å². The van der Waals surface area contributed by atoms with Gasteiger partial charge in [-0.25, -0.2) is 0 Å². The molecule has 3 atom stereocenters. The molecule has 1 aromatic carbocycles. The summed E-state index contributed by atoms with van der Waals surface area (Å²) in [6, 6.07) is 5.48. The molecule has 5 nitrogen and oxygen atoms in total. The van der Waals surface area contributed by atoms with Gasteiger partial charge < -0.3 is 16.0 Å². The summed E-state index contributed by atoms with van der Waals surface area (Å²) in [4.78, 5) is 24.4. The van der Waals surface area contributed by atoms with Crippen molar-refractivity contribution in [2.24, 2.45) is 0 Å². The molecular formula is C17H22ClN3O2. The van der Waals surface area contributed by atoms with Crippen molar-refractivity contribution >= 4 is 29.1 Å². The minimum Gasteiger partial charge on any atom is -0.350 e. The van der Waals surface area contributed by atoms with Crippen LogP contribution in [-0.4, -0.2) is 29.9 Å². The van der Waals surface area contributed by atoms with Crippen LogP contribution >= 0.6 is 11.6 Å². The minimum atomic E-state index is -0.474. The summed E-state index contributed by atoms with van der Waals surface area (Å²) in [6.45, 7) is 1.94. The molecule has 0 radical (unpaired) electrons. The first kappa shape index (κ1) is 16.3. The van der Waals surface area contributed by atoms with Gasteiger partial charge in [-0.3, -0.25) is 9.59 Å². The van der Waals surface area contributed by atoms with Crippen LogP contribution in [0.25, 0.3) is 0 Å². The van der Waals surface area contributed by atoms with Gasteiger partial charge in [-0.15, -0.1) is 0 Å². The van der Waals surface area contributed by atoms with Gasteiger partial charge in [0.1, 0.15) is 0 Å². The first-order valence-electron chi connectivity index (χ1n) is 8.15. The predicted octanol–water partition coefficient (Wildman–Crippen LogP) is 2.38. The van der Waals surface area contributed by atoms with E-state index < -0.39 is 6.04 Å². The third-order valence-corrected chi connectivity index (χ3v) is 4.93. The van der Waals surface area contributed by atoms with E-state index in [1.807, 2.05) is 13.0 Å². The number of rotatable bonds is 3. The molecule has 3 rings (SSSR count). The third kappa shape index (κ3) is 3.85. The van der Waals surface area contributed by atoms with Gasteiger partial charge in [0.15, 0.2) is 0 Å². The Kier molecular flexibility index (Phi) is 4.87. The number of piperazine rings is 1. The van der Waals surface area contributed by atoms with Gasteiger partial charge in [-0.05, 0) is 37.5 Å². The summed E-state index contributed by atoms with van der Waals surface area (Å²) in [5, 5.41) is 9.68. The van der Waals surface area contributed by atoms with Crippen molar-refractivity contribution in [3.63, 3.8) is 0 Å². The smallest absolute Gasteiger partial charge is 0.237 e. The molecule has 1 saturated carbocycles. The Labute approximate surface area is 141 Å². The van der Waals surface area contributed by atoms with Gasteiger partial charge in [0, 0.05) is 12.1 Å². The van der Waals surface area contributed by atoms with Crippen molar-refractivity contribution in [1.29, 1.82) is 0 Å². The SMILES string of the molecule is Cc1ccc(NC(=O)C[C@@H]2N[C@@H]3CCCC[C@H]3NC2=O)c(Cl)c1. The van der Waals surface area contributed by atoms with E-state index in [1.54, 1.807) is 12.1 Å². The lowest BCUT2D eigenvalue weighted by Gasteiger charge is -2.40. The molecule has 0 bridgehead atoms. The quantitative estimate of drug-likeness (QED) is 0.794. The molecule has 124 valence electrons. The van der Waals surface area contributed by atoms with Crippen LogP contribution in [0.5, 0.6) is 0 Å². The summed E-state index contributed by atoms with van der Waals surface area (Å²) in [6.07, 6.45) is 4.50. The highest BCUT2D eigenvalue weighted by molar-refractivity contribution is 6.33. The third-order valence-electron chi connectivity index (χ3n) is 4.61. The largest absolute Gasteiger partial charge is 0.350 e. The Bertz CT molecular complexity index is 620. The van der Waals surface area contributed by atoms with E-state index in [1.165, 1.54) is 6.42 Å². The van der Waals surface area contributed by atoms with Crippen LogP contribution < -0.4 is 16.0 Å². The van der Waals surface area contributed by atoms with E-state index in [4.69, 9.17) is 11.6 Å². The van der Waals surface area contributed by atoms with E-state index in [9.17, 15) is 9.59 Å². The number of carbonyl (C=O) groups is 2. The molecule has 1 aromatic rings. The molecular weight excluding hydrogens is 314 g/mol. The van der Waals surface area contributed by atoms with Crippen LogP contribution in [0.3, 0.4) is 0 Å². The first-order valence-corrected chi connectivity index (χ1v) is 8.53. The van der Waals surface area contributed by atoms with Crippen molar-refractivity contribution in [1.82, 2.24) is 10.6 Å². The molecule has 3 N–H and O–H groups in total. The fraction of sp³-hybridized carbons (Fsp3) is 0.529. The number of aryl methyl sites for hydroxylation is 1. The Morgan fingerprint density at radius 2 is 2.04 bits per heavy atom. The second kappa shape index (κ2) is 6.89. The number of anilines is 1. The van der Waals surface area contributed by atoms with Crippen molar-refractivity contribution in [3.8, 4) is 0 Å². The normalized spacial score (nSPS) is 27.0. The first-order chi connectivity index (χ1) is 11.0. The molecule has 1 aliphatic carbocycles. The summed E-state index contributed by atoms with van der Waals surface area (Å²) in [7, 11) is 0. The summed E-state index contributed by atoms with van der Waals surface area (Å²) in [5.41, 5.74) is 1.61. The zero-order chi connectivity index (χ0) is 16.4. The molecule has 2 fully saturated rings. The van der Waals surface area contributed by atoms with Crippen LogP contribution in [0.4, 0.5) is 5.69 Å². The van der Waals surface area contributed by atoms with Crippen LogP contribution in [0.15, 0.2) is 18.2 Å². The average Bonchev–Trinajstić information content (AvgIpc) is 2.51. The topological polar surface area (TPSA) is 70.2 Å². The highest BCUT2D eigenvalue weighted by Gasteiger charge is 2.36. The average molecular weight is 336 g/mol. The Morgan fingerprint density at radius 1 is 1.30 bits per heavy atom. The highest BCUT2D eigenvalue weighted by Crippen LogP contribution is 2.24. The van der Waals surface area contributed by atoms with Crippen LogP contribution in [0.1, 0.15) is 37.7 Å². The molecule has 0 spiro atoms. The molecule has 0 unspecified atom stereocenters. The van der Waals surface area contributed by atoms with E-state index in [0.717, 1.165) is 24.8 Å². The fourth-order valence-corrected chi connectivity index (χ4v) is 3.66. The van der Waals surface area contributed by atoms with Gasteiger partial charge in [0.25, 0.3) is 0 Å². The van der Waals surface area contributed by atoms with Crippen molar-refractivity contribution < 1.29 is 9.59 Å². The van der Waals surface area contributed by atoms with E-state index in [-0.39, 0.29) is 30.3 Å². The zero-order valence-electron chi connectivity index (χ0n) is 13.2. The molecule has 1 saturated heterocycles. The lowest BCUT2D eigenvalue weighted by Crippen LogP contribution is -2.65. The summed E-state index contributed by atoms with van der Waals surface area (Å²) in [5.74, 6) is -0.295. The number of nitrogens with one attached hydrogen (secondary N) is 3. The van der Waals surface area contributed by atoms with Gasteiger partial charge >= 0.3 is 0 Å². The van der Waals surface area contributed by atoms with Crippen molar-refractivity contribution in [3.05, 3.63) is 28.8 Å². The lowest BCUT2D eigenvalue weighted by atomic mass is 9.87. The summed E-state index contributed by atoms with van der Waals surface area (Å²) >= 11 is 6.13. The zero-order valence-corrected chi connectivity index (χ0v) is 14.0. The maximum Gasteiger partial charge on any atom is 0.237 e. The molecule has 1 heterocycles. The second-order valence-corrected chi connectivity index (χ2v) is 6.87. The van der Waals surface area contributed by atoms with Gasteiger partial charge in [-0.1, -0.05) is 30.5 Å². The van der Waals surface area contributed by atoms with Gasteiger partial charge in [-0.2, -0.15) is 0 Å². The second-order valence-electron chi connectivity index (χ2n) is 6.46. The maximum absolute atomic E-state index is 12.2. The van der Waals surface area contributed by atoms with Gasteiger partial charge in [0.05, 0.1) is 23.2 Å². The van der Waals surface area contributed by atoms with Gasteiger partial charge in [0.2, 0.25) is 11.8 Å². The van der Waals surface area contributed by atoms with E-state index in [2.05, 4.69) is 16.0 Å². The molecule has 23 heavy (non-hydrogen) atoms. The molecule has 6 heteroatoms. The predicted molar refractivity (Wildman–Crippen MR) is 90.5 cm³/mol. The number of hydrogen-bond donors (Lipinski definition) is 3.